The molecule has 48 valence electrons. The molecule has 1 aromatic carbocycles. The number of hydrogen-bond acceptors (Lipinski definition) is 0. The molecule has 2 heteroatoms. The normalized spacial score (nSPS) is 11.2. The third-order valence-electron chi connectivity index (χ3n) is 1.64. The van der Waals surface area contributed by atoms with Gasteiger partial charge in [0, 0.05) is 9.04 Å². The minimum Gasteiger partial charge on any atom is -0.0676 e. The summed E-state index contributed by atoms with van der Waals surface area (Å²) in [5.41, 5.74) is 1.50. The molecule has 0 atom stereocenters. The first-order valence-corrected chi connectivity index (χ1v) is 9.75. The highest BCUT2D eigenvalue weighted by molar-refractivity contribution is 6.97. The van der Waals surface area contributed by atoms with Crippen LogP contribution in [0.25, 0.3) is 0 Å². The highest BCUT2D eigenvalue weighted by Crippen LogP contribution is 1.89. The van der Waals surface area contributed by atoms with Crippen molar-refractivity contribution in [3.63, 3.8) is 0 Å². The quantitative estimate of drug-likeness (QED) is 0.456. The van der Waals surface area contributed by atoms with Gasteiger partial charge >= 0.3 is 0 Å². The Balaban J connectivity index is 3.01. The van der Waals surface area contributed by atoms with Crippen LogP contribution in [-0.4, -0.2) is 18.8 Å². The van der Waals surface area contributed by atoms with Crippen molar-refractivity contribution in [3.8, 4) is 0 Å². The van der Waals surface area contributed by atoms with E-state index in [2.05, 4.69) is 31.2 Å². The van der Waals surface area contributed by atoms with E-state index in [0.717, 1.165) is 0 Å². The molecular formula is C7H12Si2. The van der Waals surface area contributed by atoms with Gasteiger partial charge in [0.25, 0.3) is 0 Å². The Morgan fingerprint density at radius 1 is 1.33 bits per heavy atom. The van der Waals surface area contributed by atoms with E-state index in [-0.39, 0.29) is 9.04 Å². The van der Waals surface area contributed by atoms with Crippen LogP contribution in [0.1, 0.15) is 5.56 Å². The largest absolute Gasteiger partial charge is 0.0676 e. The average Bonchev–Trinajstić information content (AvgIpc) is 1.89. The molecule has 0 N–H and O–H groups in total. The van der Waals surface area contributed by atoms with Gasteiger partial charge in [0.05, 0.1) is 0 Å². The standard InChI is InChI=1S/C7H12Si2/c1-6-4-2-3-5-7(6)9-8/h2-5H,9H2,1,8H3. The lowest BCUT2D eigenvalue weighted by Gasteiger charge is -1.98. The number of aryl methyl sites for hydroxylation is 1. The highest BCUT2D eigenvalue weighted by Gasteiger charge is 1.89. The lowest BCUT2D eigenvalue weighted by Crippen LogP contribution is -2.16. The van der Waals surface area contributed by atoms with Gasteiger partial charge in [-0.1, -0.05) is 35.0 Å². The van der Waals surface area contributed by atoms with Crippen molar-refractivity contribution in [1.82, 2.24) is 0 Å². The topological polar surface area (TPSA) is 0 Å². The first kappa shape index (κ1) is 6.77. The van der Waals surface area contributed by atoms with E-state index in [1.807, 2.05) is 0 Å². The molecule has 0 radical (unpaired) electrons. The Labute approximate surface area is 61.3 Å². The number of hydrogen-bond donors (Lipinski definition) is 0. The molecule has 0 unspecified atom stereocenters. The zero-order chi connectivity index (χ0) is 6.69. The van der Waals surface area contributed by atoms with Crippen LogP contribution >= 0.6 is 0 Å². The van der Waals surface area contributed by atoms with Crippen LogP contribution in [0, 0.1) is 6.92 Å². The lowest BCUT2D eigenvalue weighted by molar-refractivity contribution is 1.52. The van der Waals surface area contributed by atoms with Gasteiger partial charge in [-0.05, 0) is 16.7 Å². The zero-order valence-corrected chi connectivity index (χ0v) is 9.43. The fourth-order valence-corrected chi connectivity index (χ4v) is 4.43. The maximum absolute atomic E-state index is 2.27. The van der Waals surface area contributed by atoms with Gasteiger partial charge < -0.3 is 0 Å². The summed E-state index contributed by atoms with van der Waals surface area (Å²) in [7, 11) is 1.62. The van der Waals surface area contributed by atoms with Gasteiger partial charge in [-0.3, -0.25) is 0 Å². The Morgan fingerprint density at radius 2 is 2.00 bits per heavy atom. The van der Waals surface area contributed by atoms with Crippen molar-refractivity contribution in [2.24, 2.45) is 0 Å². The zero-order valence-electron chi connectivity index (χ0n) is 6.02. The molecule has 0 aromatic heterocycles. The molecule has 0 spiro atoms. The maximum Gasteiger partial charge on any atom is 0.0388 e. The summed E-state index contributed by atoms with van der Waals surface area (Å²) < 4.78 is 0. The third kappa shape index (κ3) is 1.53. The van der Waals surface area contributed by atoms with Crippen LogP contribution in [0.4, 0.5) is 0 Å². The summed E-state index contributed by atoms with van der Waals surface area (Å²) >= 11 is 0. The smallest absolute Gasteiger partial charge is 0.0388 e. The van der Waals surface area contributed by atoms with Crippen molar-refractivity contribution in [3.05, 3.63) is 29.8 Å². The van der Waals surface area contributed by atoms with Crippen LogP contribution in [-0.2, 0) is 0 Å². The van der Waals surface area contributed by atoms with Gasteiger partial charge in [0.1, 0.15) is 0 Å². The second-order valence-electron chi connectivity index (χ2n) is 2.28. The van der Waals surface area contributed by atoms with E-state index >= 15 is 0 Å². The second-order valence-corrected chi connectivity index (χ2v) is 5.87. The minimum absolute atomic E-state index is 0.201. The van der Waals surface area contributed by atoms with Crippen LogP contribution in [0.2, 0.25) is 0 Å². The molecule has 0 aliphatic heterocycles. The monoisotopic (exact) mass is 152 g/mol. The summed E-state index contributed by atoms with van der Waals surface area (Å²) in [6.45, 7) is 2.21. The minimum atomic E-state index is 0.201. The third-order valence-corrected chi connectivity index (χ3v) is 5.48. The van der Waals surface area contributed by atoms with E-state index < -0.39 is 0 Å². The first-order chi connectivity index (χ1) is 4.34. The molecular weight excluding hydrogens is 140 g/mol. The van der Waals surface area contributed by atoms with E-state index in [1.54, 1.807) is 5.19 Å². The second kappa shape index (κ2) is 2.99. The molecule has 0 aliphatic carbocycles. The Kier molecular flexibility index (Phi) is 2.25. The summed E-state index contributed by atoms with van der Waals surface area (Å²) in [6, 6.07) is 8.74. The molecule has 0 aliphatic rings. The van der Waals surface area contributed by atoms with E-state index in [0.29, 0.717) is 0 Å². The molecule has 0 nitrogen and oxygen atoms in total. The van der Waals surface area contributed by atoms with E-state index in [4.69, 9.17) is 0 Å². The molecule has 0 saturated heterocycles. The first-order valence-electron chi connectivity index (χ1n) is 3.39. The number of rotatable bonds is 1. The predicted octanol–water partition coefficient (Wildman–Crippen LogP) is -0.930. The van der Waals surface area contributed by atoms with Crippen molar-refractivity contribution in [2.75, 3.05) is 0 Å². The SMILES string of the molecule is Cc1ccccc1[SiH2][SiH3]. The lowest BCUT2D eigenvalue weighted by atomic mass is 10.2. The average molecular weight is 152 g/mol. The van der Waals surface area contributed by atoms with Gasteiger partial charge in [-0.2, -0.15) is 0 Å². The van der Waals surface area contributed by atoms with Gasteiger partial charge in [-0.25, -0.2) is 0 Å². The molecule has 0 heterocycles. The molecule has 0 fully saturated rings. The van der Waals surface area contributed by atoms with Crippen LogP contribution in [0.5, 0.6) is 0 Å². The molecule has 0 amide bonds. The Hall–Kier alpha value is -0.346. The predicted molar refractivity (Wildman–Crippen MR) is 49.3 cm³/mol. The fourth-order valence-electron chi connectivity index (χ4n) is 1.01. The van der Waals surface area contributed by atoms with Crippen LogP contribution in [0.3, 0.4) is 0 Å². The van der Waals surface area contributed by atoms with E-state index in [9.17, 15) is 0 Å². The summed E-state index contributed by atoms with van der Waals surface area (Å²) in [5, 5.41) is 1.66. The van der Waals surface area contributed by atoms with Crippen molar-refractivity contribution < 1.29 is 0 Å². The van der Waals surface area contributed by atoms with Crippen LogP contribution < -0.4 is 5.19 Å². The maximum atomic E-state index is 2.27. The van der Waals surface area contributed by atoms with Gasteiger partial charge in [-0.15, -0.1) is 0 Å². The van der Waals surface area contributed by atoms with Crippen molar-refractivity contribution >= 4 is 24.0 Å². The summed E-state index contributed by atoms with van der Waals surface area (Å²) in [5.74, 6) is 0. The molecule has 1 aromatic rings. The molecule has 0 saturated carbocycles. The highest BCUT2D eigenvalue weighted by atomic mass is 29.1. The number of benzene rings is 1. The van der Waals surface area contributed by atoms with Crippen LogP contribution in [0.15, 0.2) is 24.3 Å². The molecule has 9 heavy (non-hydrogen) atoms. The Bertz CT molecular complexity index is 196. The van der Waals surface area contributed by atoms with Gasteiger partial charge in [0.15, 0.2) is 0 Å². The van der Waals surface area contributed by atoms with E-state index in [1.165, 1.54) is 15.3 Å². The fraction of sp³-hybridized carbons (Fsp3) is 0.143. The van der Waals surface area contributed by atoms with Crippen molar-refractivity contribution in [1.29, 1.82) is 0 Å². The molecule has 0 bridgehead atoms. The van der Waals surface area contributed by atoms with Crippen molar-refractivity contribution in [2.45, 2.75) is 6.92 Å². The molecule has 1 rings (SSSR count). The Morgan fingerprint density at radius 3 is 2.44 bits per heavy atom. The summed E-state index contributed by atoms with van der Waals surface area (Å²) in [6.07, 6.45) is 0. The van der Waals surface area contributed by atoms with Gasteiger partial charge in [0.2, 0.25) is 0 Å². The summed E-state index contributed by atoms with van der Waals surface area (Å²) in [4.78, 5) is 0.